The van der Waals surface area contributed by atoms with Gasteiger partial charge in [-0.25, -0.2) is 9.66 Å². The van der Waals surface area contributed by atoms with Crippen molar-refractivity contribution in [1.82, 2.24) is 15.0 Å². The number of nitrogen functional groups attached to an aromatic ring is 1. The fraction of sp³-hybridized carbons (Fsp3) is 0.524. The fourth-order valence-electron chi connectivity index (χ4n) is 4.78. The Morgan fingerprint density at radius 2 is 2.04 bits per heavy atom. The molecule has 0 radical (unpaired) electrons. The normalized spacial score (nSPS) is 26.1. The molecule has 5 unspecified atom stereocenters. The van der Waals surface area contributed by atoms with Crippen molar-refractivity contribution >= 4 is 17.7 Å². The van der Waals surface area contributed by atoms with Crippen LogP contribution in [0.2, 0.25) is 0 Å². The summed E-state index contributed by atoms with van der Waals surface area (Å²) in [7, 11) is 0. The number of fused-ring (bicyclic) bond motifs is 2. The van der Waals surface area contributed by atoms with Crippen molar-refractivity contribution in [3.8, 4) is 11.3 Å². The predicted octanol–water partition coefficient (Wildman–Crippen LogP) is 3.69. The Labute approximate surface area is 165 Å². The van der Waals surface area contributed by atoms with Crippen molar-refractivity contribution in [3.63, 3.8) is 0 Å². The number of nitrogens with one attached hydrogen (secondary N) is 1. The van der Waals surface area contributed by atoms with E-state index >= 15 is 0 Å². The lowest BCUT2D eigenvalue weighted by atomic mass is 9.84. The van der Waals surface area contributed by atoms with E-state index in [0.717, 1.165) is 23.1 Å². The first-order valence-electron chi connectivity index (χ1n) is 9.88. The van der Waals surface area contributed by atoms with Crippen LogP contribution in [0.15, 0.2) is 41.7 Å². The first-order chi connectivity index (χ1) is 13.0. The summed E-state index contributed by atoms with van der Waals surface area (Å²) in [6.45, 7) is 4.09. The Morgan fingerprint density at radius 1 is 1.26 bits per heavy atom. The van der Waals surface area contributed by atoms with Crippen molar-refractivity contribution < 1.29 is 4.79 Å². The molecule has 3 N–H and O–H groups in total. The van der Waals surface area contributed by atoms with Gasteiger partial charge in [0, 0.05) is 11.6 Å². The van der Waals surface area contributed by atoms with Crippen LogP contribution in [0.3, 0.4) is 0 Å². The highest BCUT2D eigenvalue weighted by atomic mass is 32.2. The van der Waals surface area contributed by atoms with Crippen LogP contribution in [-0.2, 0) is 4.79 Å². The number of hydrogen-bond donors (Lipinski definition) is 2. The van der Waals surface area contributed by atoms with E-state index in [1.165, 1.54) is 42.1 Å². The van der Waals surface area contributed by atoms with Crippen LogP contribution in [-0.4, -0.2) is 26.9 Å². The third kappa shape index (κ3) is 3.86. The van der Waals surface area contributed by atoms with Crippen molar-refractivity contribution in [2.45, 2.75) is 56.0 Å². The summed E-state index contributed by atoms with van der Waals surface area (Å²) in [4.78, 5) is 17.3. The van der Waals surface area contributed by atoms with Crippen molar-refractivity contribution in [1.29, 1.82) is 0 Å². The van der Waals surface area contributed by atoms with E-state index in [2.05, 4.69) is 17.2 Å². The summed E-state index contributed by atoms with van der Waals surface area (Å²) in [5.41, 5.74) is 1.84. The second kappa shape index (κ2) is 7.58. The minimum Gasteiger partial charge on any atom is -0.352 e. The molecule has 1 aromatic carbocycles. The van der Waals surface area contributed by atoms with E-state index in [0.29, 0.717) is 11.1 Å². The number of nitrogens with zero attached hydrogens (tertiary/aromatic N) is 2. The summed E-state index contributed by atoms with van der Waals surface area (Å²) in [6.07, 6.45) is 7.17. The minimum atomic E-state index is -0.237. The highest BCUT2D eigenvalue weighted by molar-refractivity contribution is 8.00. The van der Waals surface area contributed by atoms with Gasteiger partial charge in [-0.15, -0.1) is 0 Å². The molecular formula is C21H28N4OS. The zero-order valence-corrected chi connectivity index (χ0v) is 16.8. The molecule has 2 aromatic rings. The van der Waals surface area contributed by atoms with Gasteiger partial charge in [-0.3, -0.25) is 4.79 Å². The smallest absolute Gasteiger partial charge is 0.233 e. The number of nitrogens with two attached hydrogens (primary N) is 1. The number of benzene rings is 1. The molecule has 2 aliphatic carbocycles. The third-order valence-electron chi connectivity index (χ3n) is 6.22. The fourth-order valence-corrected chi connectivity index (χ4v) is 5.60. The predicted molar refractivity (Wildman–Crippen MR) is 110 cm³/mol. The van der Waals surface area contributed by atoms with Gasteiger partial charge < -0.3 is 11.2 Å². The molecule has 2 bridgehead atoms. The van der Waals surface area contributed by atoms with E-state index in [-0.39, 0.29) is 17.2 Å². The molecule has 1 aromatic heterocycles. The van der Waals surface area contributed by atoms with Gasteiger partial charge >= 0.3 is 0 Å². The standard InChI is InChI=1S/C21H28N4OS/c1-13(18-11-15-8-9-17(18)10-15)23-20(26)14(2)27-21-24-19(12-25(21)22)16-6-4-3-5-7-16/h3-7,12-15,17-18H,8-11,22H2,1-2H3,(H,23,26). The average molecular weight is 385 g/mol. The third-order valence-corrected chi connectivity index (χ3v) is 7.30. The highest BCUT2D eigenvalue weighted by Crippen LogP contribution is 2.49. The van der Waals surface area contributed by atoms with Gasteiger partial charge in [-0.2, -0.15) is 0 Å². The number of imidazole rings is 1. The first kappa shape index (κ1) is 18.4. The zero-order chi connectivity index (χ0) is 19.0. The van der Waals surface area contributed by atoms with E-state index in [1.807, 2.05) is 37.3 Å². The molecular weight excluding hydrogens is 356 g/mol. The Bertz CT molecular complexity index is 806. The van der Waals surface area contributed by atoms with Crippen molar-refractivity contribution in [2.24, 2.45) is 17.8 Å². The van der Waals surface area contributed by atoms with Crippen LogP contribution in [0.4, 0.5) is 0 Å². The summed E-state index contributed by atoms with van der Waals surface area (Å²) in [6, 6.07) is 10.2. The van der Waals surface area contributed by atoms with E-state index < -0.39 is 0 Å². The summed E-state index contributed by atoms with van der Waals surface area (Å²) < 4.78 is 1.51. The number of hydrogen-bond acceptors (Lipinski definition) is 4. The van der Waals surface area contributed by atoms with Crippen LogP contribution in [0.25, 0.3) is 11.3 Å². The Balaban J connectivity index is 1.36. The lowest BCUT2D eigenvalue weighted by molar-refractivity contribution is -0.121. The van der Waals surface area contributed by atoms with Crippen molar-refractivity contribution in [3.05, 3.63) is 36.5 Å². The van der Waals surface area contributed by atoms with E-state index in [1.54, 1.807) is 6.20 Å². The maximum atomic E-state index is 12.7. The monoisotopic (exact) mass is 384 g/mol. The van der Waals surface area contributed by atoms with Crippen LogP contribution >= 0.6 is 11.8 Å². The van der Waals surface area contributed by atoms with Gasteiger partial charge in [0.1, 0.15) is 0 Å². The van der Waals surface area contributed by atoms with Gasteiger partial charge in [0.15, 0.2) is 5.16 Å². The van der Waals surface area contributed by atoms with Gasteiger partial charge in [-0.05, 0) is 50.9 Å². The minimum absolute atomic E-state index is 0.0690. The van der Waals surface area contributed by atoms with Crippen LogP contribution in [0, 0.1) is 17.8 Å². The lowest BCUT2D eigenvalue weighted by Crippen LogP contribution is -2.43. The van der Waals surface area contributed by atoms with E-state index in [9.17, 15) is 4.79 Å². The van der Waals surface area contributed by atoms with Crippen LogP contribution in [0.1, 0.15) is 39.5 Å². The number of rotatable bonds is 6. The molecule has 4 rings (SSSR count). The van der Waals surface area contributed by atoms with Crippen molar-refractivity contribution in [2.75, 3.05) is 5.84 Å². The second-order valence-corrected chi connectivity index (χ2v) is 9.39. The molecule has 2 saturated carbocycles. The number of carbonyl (C=O) groups is 1. The quantitative estimate of drug-likeness (QED) is 0.588. The molecule has 27 heavy (non-hydrogen) atoms. The van der Waals surface area contributed by atoms with Gasteiger partial charge in [-0.1, -0.05) is 48.5 Å². The molecule has 0 aliphatic heterocycles. The number of carbonyl (C=O) groups excluding carboxylic acids is 1. The maximum Gasteiger partial charge on any atom is 0.233 e. The number of amides is 1. The second-order valence-electron chi connectivity index (χ2n) is 8.08. The molecule has 2 fully saturated rings. The molecule has 5 atom stereocenters. The molecule has 144 valence electrons. The largest absolute Gasteiger partial charge is 0.352 e. The molecule has 1 heterocycles. The van der Waals surface area contributed by atoms with Crippen LogP contribution < -0.4 is 11.2 Å². The Kier molecular flexibility index (Phi) is 5.17. The molecule has 0 spiro atoms. The molecule has 5 nitrogen and oxygen atoms in total. The van der Waals surface area contributed by atoms with Crippen LogP contribution in [0.5, 0.6) is 0 Å². The number of aromatic nitrogens is 2. The summed E-state index contributed by atoms with van der Waals surface area (Å²) in [5, 5.41) is 3.67. The first-order valence-corrected chi connectivity index (χ1v) is 10.8. The van der Waals surface area contributed by atoms with Gasteiger partial charge in [0.05, 0.1) is 17.1 Å². The lowest BCUT2D eigenvalue weighted by Gasteiger charge is -2.29. The molecule has 2 aliphatic rings. The van der Waals surface area contributed by atoms with Gasteiger partial charge in [0.25, 0.3) is 0 Å². The maximum absolute atomic E-state index is 12.7. The van der Waals surface area contributed by atoms with Gasteiger partial charge in [0.2, 0.25) is 5.91 Å². The number of thioether (sulfide) groups is 1. The topological polar surface area (TPSA) is 72.9 Å². The Morgan fingerprint density at radius 3 is 2.70 bits per heavy atom. The molecule has 1 amide bonds. The molecule has 0 saturated heterocycles. The summed E-state index contributed by atoms with van der Waals surface area (Å²) in [5.74, 6) is 8.49. The average Bonchev–Trinajstić information content (AvgIpc) is 3.39. The van der Waals surface area contributed by atoms with E-state index in [4.69, 9.17) is 5.84 Å². The SMILES string of the molecule is CC(Sc1nc(-c2ccccc2)cn1N)C(=O)NC(C)C1CC2CCC1C2. The Hall–Kier alpha value is -1.95. The summed E-state index contributed by atoms with van der Waals surface area (Å²) >= 11 is 1.41. The zero-order valence-electron chi connectivity index (χ0n) is 16.0. The highest BCUT2D eigenvalue weighted by Gasteiger charge is 2.42. The molecule has 6 heteroatoms.